The van der Waals surface area contributed by atoms with Crippen molar-refractivity contribution in [1.82, 2.24) is 0 Å². The topological polar surface area (TPSA) is 88.4 Å². The minimum atomic E-state index is -0.469. The van der Waals surface area contributed by atoms with Crippen molar-refractivity contribution in [2.45, 2.75) is 19.8 Å². The molecule has 0 saturated carbocycles. The predicted molar refractivity (Wildman–Crippen MR) is 94.5 cm³/mol. The fourth-order valence-corrected chi connectivity index (χ4v) is 2.74. The Labute approximate surface area is 150 Å². The van der Waals surface area contributed by atoms with Crippen LogP contribution in [0.15, 0.2) is 35.7 Å². The molecule has 2 aromatic rings. The number of esters is 1. The molecule has 0 aliphatic carbocycles. The van der Waals surface area contributed by atoms with Crippen LogP contribution >= 0.6 is 11.3 Å². The van der Waals surface area contributed by atoms with E-state index in [9.17, 15) is 9.59 Å². The molecule has 0 fully saturated rings. The maximum absolute atomic E-state index is 11.7. The van der Waals surface area contributed by atoms with E-state index in [1.165, 1.54) is 11.3 Å². The van der Waals surface area contributed by atoms with Crippen molar-refractivity contribution in [3.05, 3.63) is 46.8 Å². The number of carbonyl (C=O) groups excluding carboxylic acids is 2. The zero-order chi connectivity index (χ0) is 18.1. The second-order valence-corrected chi connectivity index (χ2v) is 6.17. The van der Waals surface area contributed by atoms with Crippen LogP contribution in [0.1, 0.15) is 24.0 Å². The Hall–Kier alpha value is -2.85. The summed E-state index contributed by atoms with van der Waals surface area (Å²) < 4.78 is 10.5. The van der Waals surface area contributed by atoms with Crippen LogP contribution in [-0.2, 0) is 14.3 Å². The highest BCUT2D eigenvalue weighted by atomic mass is 32.1. The van der Waals surface area contributed by atoms with Crippen LogP contribution in [0.4, 0.5) is 5.00 Å². The minimum Gasteiger partial charge on any atom is -0.494 e. The van der Waals surface area contributed by atoms with E-state index in [0.717, 1.165) is 11.3 Å². The summed E-state index contributed by atoms with van der Waals surface area (Å²) in [5, 5.41) is 13.6. The van der Waals surface area contributed by atoms with Crippen molar-refractivity contribution in [1.29, 1.82) is 5.26 Å². The maximum Gasteiger partial charge on any atom is 0.306 e. The Morgan fingerprint density at radius 1 is 1.32 bits per heavy atom. The number of anilines is 1. The zero-order valence-electron chi connectivity index (χ0n) is 13.8. The summed E-state index contributed by atoms with van der Waals surface area (Å²) >= 11 is 1.24. The van der Waals surface area contributed by atoms with Gasteiger partial charge in [-0.05, 0) is 42.5 Å². The standard InChI is InChI=1S/C18H18N2O4S/c1-13-4-2-5-15(10-13)23-8-3-6-17(22)24-12-16(21)20-18-14(11-19)7-9-25-18/h2,4-5,7,9-10H,3,6,8,12H2,1H3,(H,20,21). The molecule has 130 valence electrons. The van der Waals surface area contributed by atoms with Gasteiger partial charge in [-0.3, -0.25) is 9.59 Å². The van der Waals surface area contributed by atoms with Gasteiger partial charge in [-0.25, -0.2) is 0 Å². The van der Waals surface area contributed by atoms with Crippen LogP contribution in [0.5, 0.6) is 5.75 Å². The van der Waals surface area contributed by atoms with Crippen LogP contribution in [0.2, 0.25) is 0 Å². The highest BCUT2D eigenvalue weighted by Gasteiger charge is 2.11. The molecule has 0 spiro atoms. The number of carbonyl (C=O) groups is 2. The number of nitriles is 1. The third kappa shape index (κ3) is 6.28. The molecule has 0 atom stereocenters. The van der Waals surface area contributed by atoms with Crippen molar-refractivity contribution >= 4 is 28.2 Å². The summed E-state index contributed by atoms with van der Waals surface area (Å²) in [6.45, 7) is 2.00. The first-order valence-corrected chi connectivity index (χ1v) is 8.59. The van der Waals surface area contributed by atoms with Crippen LogP contribution in [0.3, 0.4) is 0 Å². The first-order valence-electron chi connectivity index (χ1n) is 7.71. The number of ether oxygens (including phenoxy) is 2. The number of hydrogen-bond acceptors (Lipinski definition) is 6. The van der Waals surface area contributed by atoms with Gasteiger partial charge in [-0.2, -0.15) is 5.26 Å². The van der Waals surface area contributed by atoms with Gasteiger partial charge < -0.3 is 14.8 Å². The van der Waals surface area contributed by atoms with Crippen LogP contribution in [0.25, 0.3) is 0 Å². The Kier molecular flexibility index (Phi) is 6.99. The summed E-state index contributed by atoms with van der Waals surface area (Å²) in [5.41, 5.74) is 1.49. The number of rotatable bonds is 8. The van der Waals surface area contributed by atoms with E-state index in [-0.39, 0.29) is 13.0 Å². The number of nitrogens with one attached hydrogen (secondary N) is 1. The zero-order valence-corrected chi connectivity index (χ0v) is 14.6. The van der Waals surface area contributed by atoms with Gasteiger partial charge in [0.2, 0.25) is 0 Å². The van der Waals surface area contributed by atoms with E-state index >= 15 is 0 Å². The van der Waals surface area contributed by atoms with Crippen molar-refractivity contribution in [3.63, 3.8) is 0 Å². The van der Waals surface area contributed by atoms with Crippen LogP contribution < -0.4 is 10.1 Å². The van der Waals surface area contributed by atoms with Crippen molar-refractivity contribution < 1.29 is 19.1 Å². The van der Waals surface area contributed by atoms with Crippen molar-refractivity contribution in [2.24, 2.45) is 0 Å². The molecule has 0 aliphatic rings. The second kappa shape index (κ2) is 9.45. The third-order valence-electron chi connectivity index (χ3n) is 3.19. The quantitative estimate of drug-likeness (QED) is 0.578. The lowest BCUT2D eigenvalue weighted by Gasteiger charge is -2.07. The van der Waals surface area contributed by atoms with Gasteiger partial charge in [0.15, 0.2) is 6.61 Å². The monoisotopic (exact) mass is 358 g/mol. The molecule has 0 unspecified atom stereocenters. The lowest BCUT2D eigenvalue weighted by atomic mass is 10.2. The van der Waals surface area contributed by atoms with Gasteiger partial charge in [-0.15, -0.1) is 11.3 Å². The van der Waals surface area contributed by atoms with Gasteiger partial charge >= 0.3 is 5.97 Å². The van der Waals surface area contributed by atoms with Gasteiger partial charge in [0.25, 0.3) is 5.91 Å². The molecule has 1 aromatic heterocycles. The van der Waals surface area contributed by atoms with Gasteiger partial charge in [0, 0.05) is 6.42 Å². The maximum atomic E-state index is 11.7. The molecule has 6 nitrogen and oxygen atoms in total. The van der Waals surface area contributed by atoms with E-state index in [4.69, 9.17) is 14.7 Å². The molecule has 0 aliphatic heterocycles. The van der Waals surface area contributed by atoms with Crippen LogP contribution in [-0.4, -0.2) is 25.1 Å². The van der Waals surface area contributed by atoms with Gasteiger partial charge in [0.1, 0.15) is 16.8 Å². The lowest BCUT2D eigenvalue weighted by molar-refractivity contribution is -0.147. The van der Waals surface area contributed by atoms with E-state index in [2.05, 4.69) is 5.32 Å². The van der Waals surface area contributed by atoms with Crippen molar-refractivity contribution in [3.8, 4) is 11.8 Å². The summed E-state index contributed by atoms with van der Waals surface area (Å²) in [4.78, 5) is 23.3. The molecule has 0 bridgehead atoms. The number of aryl methyl sites for hydroxylation is 1. The third-order valence-corrected chi connectivity index (χ3v) is 4.02. The molecule has 1 amide bonds. The van der Waals surface area contributed by atoms with Crippen molar-refractivity contribution in [2.75, 3.05) is 18.5 Å². The molecule has 0 radical (unpaired) electrons. The number of amides is 1. The predicted octanol–water partition coefficient (Wildman–Crippen LogP) is 3.27. The molecule has 2 rings (SSSR count). The Morgan fingerprint density at radius 2 is 2.16 bits per heavy atom. The molecular formula is C18H18N2O4S. The van der Waals surface area contributed by atoms with Crippen LogP contribution in [0, 0.1) is 18.3 Å². The molecule has 0 saturated heterocycles. The van der Waals surface area contributed by atoms with E-state index in [1.54, 1.807) is 11.4 Å². The average molecular weight is 358 g/mol. The van der Waals surface area contributed by atoms with Gasteiger partial charge in [0.05, 0.1) is 12.2 Å². The second-order valence-electron chi connectivity index (χ2n) is 5.25. The fourth-order valence-electron chi connectivity index (χ4n) is 1.99. The average Bonchev–Trinajstić information content (AvgIpc) is 3.04. The van der Waals surface area contributed by atoms with Gasteiger partial charge in [-0.1, -0.05) is 12.1 Å². The summed E-state index contributed by atoms with van der Waals surface area (Å²) in [6, 6.07) is 11.2. The Bertz CT molecular complexity index is 779. The van der Waals surface area contributed by atoms with E-state index in [1.807, 2.05) is 37.3 Å². The first-order chi connectivity index (χ1) is 12.1. The Balaban J connectivity index is 1.62. The van der Waals surface area contributed by atoms with E-state index in [0.29, 0.717) is 23.6 Å². The number of thiophene rings is 1. The normalized spacial score (nSPS) is 9.92. The molecule has 1 N–H and O–H groups in total. The molecule has 1 heterocycles. The first kappa shape index (κ1) is 18.5. The largest absolute Gasteiger partial charge is 0.494 e. The number of nitrogens with zero attached hydrogens (tertiary/aromatic N) is 1. The summed E-state index contributed by atoms with van der Waals surface area (Å²) in [5.74, 6) is -0.171. The molecule has 1 aromatic carbocycles. The highest BCUT2D eigenvalue weighted by molar-refractivity contribution is 7.14. The summed E-state index contributed by atoms with van der Waals surface area (Å²) in [7, 11) is 0. The Morgan fingerprint density at radius 3 is 2.92 bits per heavy atom. The molecular weight excluding hydrogens is 340 g/mol. The molecule has 7 heteroatoms. The van der Waals surface area contributed by atoms with E-state index < -0.39 is 11.9 Å². The number of benzene rings is 1. The number of hydrogen-bond donors (Lipinski definition) is 1. The summed E-state index contributed by atoms with van der Waals surface area (Å²) in [6.07, 6.45) is 0.666. The minimum absolute atomic E-state index is 0.168. The highest BCUT2D eigenvalue weighted by Crippen LogP contribution is 2.21. The SMILES string of the molecule is Cc1cccc(OCCCC(=O)OCC(=O)Nc2sccc2C#N)c1. The molecule has 25 heavy (non-hydrogen) atoms. The fraction of sp³-hybridized carbons (Fsp3) is 0.278. The lowest BCUT2D eigenvalue weighted by Crippen LogP contribution is -2.20. The smallest absolute Gasteiger partial charge is 0.306 e.